The Labute approximate surface area is 479 Å². The Morgan fingerprint density at radius 2 is 1.60 bits per heavy atom. The maximum atomic E-state index is 16.7. The summed E-state index contributed by atoms with van der Waals surface area (Å²) in [4.78, 5) is 33.2. The van der Waals surface area contributed by atoms with Crippen LogP contribution in [0.25, 0.3) is 0 Å². The first-order valence-corrected chi connectivity index (χ1v) is 32.8. The highest BCUT2D eigenvalue weighted by atomic mass is 16.6. The number of phenols is 1. The van der Waals surface area contributed by atoms with Crippen LogP contribution in [0, 0.1) is 80.8 Å². The largest absolute Gasteiger partial charge is 0.508 e. The van der Waals surface area contributed by atoms with Gasteiger partial charge in [0, 0.05) is 48.7 Å². The van der Waals surface area contributed by atoms with Gasteiger partial charge >= 0.3 is 0 Å². The van der Waals surface area contributed by atoms with E-state index >= 15 is 9.59 Å². The Balaban J connectivity index is 0.966. The Bertz CT molecular complexity index is 2790. The lowest BCUT2D eigenvalue weighted by Crippen LogP contribution is -2.74. The van der Waals surface area contributed by atoms with Gasteiger partial charge in [-0.3, -0.25) is 9.59 Å². The van der Waals surface area contributed by atoms with E-state index in [0.717, 1.165) is 132 Å². The molecule has 438 valence electrons. The number of allylic oxidation sites excluding steroid dienone is 2. The summed E-state index contributed by atoms with van der Waals surface area (Å²) in [6, 6.07) is 12.6. The van der Waals surface area contributed by atoms with Gasteiger partial charge in [-0.1, -0.05) is 90.3 Å². The van der Waals surface area contributed by atoms with Crippen molar-refractivity contribution in [2.45, 2.75) is 237 Å². The molecule has 9 aliphatic carbocycles. The summed E-state index contributed by atoms with van der Waals surface area (Å²) in [7, 11) is 1.93. The van der Waals surface area contributed by atoms with Crippen molar-refractivity contribution in [1.29, 1.82) is 0 Å². The number of Topliss-reactive ketones (excluding diaryl/α,β-unsaturated/α-hetero) is 2. The van der Waals surface area contributed by atoms with Crippen LogP contribution >= 0.6 is 0 Å². The topological polar surface area (TPSA) is 178 Å². The van der Waals surface area contributed by atoms with Crippen LogP contribution in [0.5, 0.6) is 5.75 Å². The van der Waals surface area contributed by atoms with Crippen LogP contribution in [-0.2, 0) is 32.7 Å². The fourth-order valence-electron chi connectivity index (χ4n) is 24.0. The number of anilines is 1. The standard InChI is InChI=1S/C70H101N3O7/c1-40(2)27-41-28-45(32-48(71)30-41)50-15-11-16-52(50)67(6)62(80-67)60(77)51-20-18-44-14-10-13-43-17-19-46(37-74)70-34-54-61-65(4,24-9-8-23-64(3,79)39-73-54)63(78)68(47-29-42(36-72-7)31-49(75)33-47)25-12-26-69(70)35-55(76)59(58(51)57(43)44)53(69)21-22-56(70)66(61,5)38-68/h28-33,40,43-44,46,50-52,54,56-58,60-62,72-75,77,79H,8-27,34-39,71H2,1-7H3. The molecule has 0 amide bonds. The van der Waals surface area contributed by atoms with Crippen molar-refractivity contribution in [3.63, 3.8) is 0 Å². The second-order valence-corrected chi connectivity index (χ2v) is 31.1. The number of aliphatic hydroxyl groups is 3. The SMILES string of the molecule is CNCc1cc(O)cc(C23CCCC45CC(=O)C6=C4CCC4C(C)(C2)C2C(CC45C(CO)CCC4CCCC5CCC(C(O)C7OC7(C)C7CCCC7c7cc(N)cc(CC(C)C)c7)C6C54)NCC(C)(O)CCCCC2(C)C3=O)c1. The fourth-order valence-corrected chi connectivity index (χ4v) is 24.0. The van der Waals surface area contributed by atoms with E-state index in [-0.39, 0.29) is 60.0 Å². The first kappa shape index (κ1) is 56.0. The minimum atomic E-state index is -0.922. The molecule has 8 N–H and O–H groups in total. The molecule has 2 spiro atoms. The van der Waals surface area contributed by atoms with Gasteiger partial charge < -0.3 is 41.5 Å². The molecule has 11 aliphatic rings. The smallest absolute Gasteiger partial charge is 0.160 e. The number of rotatable bonds is 10. The van der Waals surface area contributed by atoms with E-state index in [1.54, 1.807) is 0 Å². The molecule has 80 heavy (non-hydrogen) atoms. The minimum absolute atomic E-state index is 0.0312. The lowest BCUT2D eigenvalue weighted by atomic mass is 9.30. The molecule has 10 heteroatoms. The summed E-state index contributed by atoms with van der Waals surface area (Å²) >= 11 is 0. The number of epoxide rings is 1. The number of aromatic hydroxyl groups is 1. The zero-order valence-corrected chi connectivity index (χ0v) is 50.0. The number of nitrogens with two attached hydrogens (primary N) is 1. The summed E-state index contributed by atoms with van der Waals surface area (Å²) in [5.41, 5.74) is 10.1. The monoisotopic (exact) mass is 1100 g/mol. The number of β-amino-alcohol motifs (C(OH)–C–C–N with tert-alkyl or cyclic N) is 1. The number of aliphatic hydroxyl groups excluding tert-OH is 2. The van der Waals surface area contributed by atoms with Gasteiger partial charge in [0.1, 0.15) is 17.6 Å². The molecule has 9 fully saturated rings. The summed E-state index contributed by atoms with van der Waals surface area (Å²) in [5, 5.41) is 57.3. The summed E-state index contributed by atoms with van der Waals surface area (Å²) < 4.78 is 7.07. The molecule has 0 radical (unpaired) electrons. The van der Waals surface area contributed by atoms with Gasteiger partial charge in [0.15, 0.2) is 5.78 Å². The number of nitrogens with one attached hydrogen (secondary N) is 2. The Kier molecular flexibility index (Phi) is 14.0. The predicted octanol–water partition coefficient (Wildman–Crippen LogP) is 11.8. The van der Waals surface area contributed by atoms with E-state index in [1.807, 2.05) is 26.1 Å². The molecule has 2 aromatic carbocycles. The third-order valence-corrected chi connectivity index (χ3v) is 26.3. The molecule has 20 atom stereocenters. The zero-order chi connectivity index (χ0) is 56.1. The highest BCUT2D eigenvalue weighted by Gasteiger charge is 2.78. The van der Waals surface area contributed by atoms with Crippen molar-refractivity contribution in [3.05, 3.63) is 69.8 Å². The molecule has 2 saturated heterocycles. The predicted molar refractivity (Wildman–Crippen MR) is 315 cm³/mol. The molecule has 2 heterocycles. The van der Waals surface area contributed by atoms with Gasteiger partial charge in [0.2, 0.25) is 0 Å². The van der Waals surface area contributed by atoms with E-state index < -0.39 is 44.4 Å². The molecule has 2 aliphatic heterocycles. The average Bonchev–Trinajstić information content (AvgIpc) is 1.28. The average molecular weight is 1100 g/mol. The lowest BCUT2D eigenvalue weighted by molar-refractivity contribution is -0.232. The van der Waals surface area contributed by atoms with E-state index in [1.165, 1.54) is 29.5 Å². The molecule has 7 saturated carbocycles. The molecule has 7 bridgehead atoms. The van der Waals surface area contributed by atoms with Crippen LogP contribution in [0.4, 0.5) is 5.69 Å². The third-order valence-electron chi connectivity index (χ3n) is 26.3. The number of ketones is 2. The Morgan fingerprint density at radius 3 is 2.36 bits per heavy atom. The summed E-state index contributed by atoms with van der Waals surface area (Å²) in [6.07, 6.45) is 19.6. The van der Waals surface area contributed by atoms with Gasteiger partial charge in [0.05, 0.1) is 22.7 Å². The van der Waals surface area contributed by atoms with Crippen molar-refractivity contribution < 1.29 is 34.8 Å². The van der Waals surface area contributed by atoms with Gasteiger partial charge in [-0.25, -0.2) is 0 Å². The Morgan fingerprint density at radius 1 is 0.838 bits per heavy atom. The second kappa shape index (κ2) is 20.0. The third kappa shape index (κ3) is 8.30. The van der Waals surface area contributed by atoms with Crippen molar-refractivity contribution >= 4 is 17.3 Å². The number of nitrogen functional groups attached to an aromatic ring is 1. The number of hydrogen-bond acceptors (Lipinski definition) is 10. The van der Waals surface area contributed by atoms with Crippen molar-refractivity contribution in [2.75, 3.05) is 25.9 Å². The van der Waals surface area contributed by atoms with Gasteiger partial charge in [-0.15, -0.1) is 0 Å². The normalized spacial score (nSPS) is 46.3. The number of carbonyl (C=O) groups is 2. The highest BCUT2D eigenvalue weighted by Crippen LogP contribution is 2.81. The van der Waals surface area contributed by atoms with Gasteiger partial charge in [-0.2, -0.15) is 0 Å². The van der Waals surface area contributed by atoms with Crippen LogP contribution in [0.3, 0.4) is 0 Å². The lowest BCUT2D eigenvalue weighted by Gasteiger charge is -2.74. The first-order valence-electron chi connectivity index (χ1n) is 32.8. The van der Waals surface area contributed by atoms with Crippen LogP contribution < -0.4 is 16.4 Å². The number of carbonyl (C=O) groups excluding carboxylic acids is 2. The minimum Gasteiger partial charge on any atom is -0.508 e. The van der Waals surface area contributed by atoms with Gasteiger partial charge in [-0.05, 0) is 245 Å². The number of ether oxygens (including phenoxy) is 1. The van der Waals surface area contributed by atoms with E-state index in [2.05, 4.69) is 69.5 Å². The molecule has 20 unspecified atom stereocenters. The summed E-state index contributed by atoms with van der Waals surface area (Å²) in [6.45, 7) is 14.8. The number of phenolic OH excluding ortho intramolecular Hbond substituents is 1. The second-order valence-electron chi connectivity index (χ2n) is 31.1. The molecule has 10 nitrogen and oxygen atoms in total. The van der Waals surface area contributed by atoms with Gasteiger partial charge in [0.25, 0.3) is 0 Å². The number of fused-ring (bicyclic) bond motifs is 2. The van der Waals surface area contributed by atoms with Crippen molar-refractivity contribution in [1.82, 2.24) is 10.6 Å². The fraction of sp³-hybridized carbons (Fsp3) is 0.771. The first-order chi connectivity index (χ1) is 38.2. The highest BCUT2D eigenvalue weighted by molar-refractivity contribution is 6.01. The zero-order valence-electron chi connectivity index (χ0n) is 50.0. The molecular formula is C70H101N3O7. The van der Waals surface area contributed by atoms with Crippen LogP contribution in [0.1, 0.15) is 211 Å². The molecule has 2 aromatic rings. The molecule has 13 rings (SSSR count). The van der Waals surface area contributed by atoms with Crippen LogP contribution in [0.2, 0.25) is 0 Å². The number of benzene rings is 2. The Hall–Kier alpha value is -3.12. The summed E-state index contributed by atoms with van der Waals surface area (Å²) in [5.74, 6) is 3.02. The van der Waals surface area contributed by atoms with E-state index in [0.29, 0.717) is 79.9 Å². The van der Waals surface area contributed by atoms with Crippen LogP contribution in [-0.4, -0.2) is 81.6 Å². The van der Waals surface area contributed by atoms with Crippen molar-refractivity contribution in [3.8, 4) is 5.75 Å². The molecular weight excluding hydrogens is 995 g/mol. The maximum absolute atomic E-state index is 16.7. The van der Waals surface area contributed by atoms with Crippen LogP contribution in [0.15, 0.2) is 47.5 Å². The van der Waals surface area contributed by atoms with Crippen molar-refractivity contribution in [2.24, 2.45) is 80.8 Å². The van der Waals surface area contributed by atoms with E-state index in [4.69, 9.17) is 10.5 Å². The molecule has 0 aromatic heterocycles. The maximum Gasteiger partial charge on any atom is 0.160 e. The quantitative estimate of drug-likeness (QED) is 0.0895. The number of hydrogen-bond donors (Lipinski definition) is 7. The van der Waals surface area contributed by atoms with E-state index in [9.17, 15) is 20.4 Å².